The van der Waals surface area contributed by atoms with Crippen LogP contribution in [-0.2, 0) is 26.3 Å². The predicted octanol–water partition coefficient (Wildman–Crippen LogP) is 1.25. The first kappa shape index (κ1) is 16.2. The second-order valence-electron chi connectivity index (χ2n) is 7.56. The Balaban J connectivity index is 1.64. The Morgan fingerprint density at radius 2 is 1.70 bits per heavy atom. The van der Waals surface area contributed by atoms with E-state index in [1.807, 2.05) is 55.5 Å². The summed E-state index contributed by atoms with van der Waals surface area (Å²) >= 11 is 0. The van der Waals surface area contributed by atoms with Crippen molar-refractivity contribution in [2.24, 2.45) is 11.8 Å². The van der Waals surface area contributed by atoms with Crippen LogP contribution in [-0.4, -0.2) is 23.8 Å². The number of rotatable bonds is 2. The first-order valence-corrected chi connectivity index (χ1v) is 9.10. The highest BCUT2D eigenvalue weighted by Crippen LogP contribution is 2.52. The molecule has 3 heterocycles. The van der Waals surface area contributed by atoms with Gasteiger partial charge in [0.1, 0.15) is 5.54 Å². The Morgan fingerprint density at radius 3 is 2.48 bits per heavy atom. The molecule has 1 spiro atoms. The minimum atomic E-state index is -1.21. The molecule has 6 nitrogen and oxygen atoms in total. The van der Waals surface area contributed by atoms with Crippen molar-refractivity contribution in [1.82, 2.24) is 10.6 Å². The first-order chi connectivity index (χ1) is 13.0. The molecule has 2 fully saturated rings. The van der Waals surface area contributed by atoms with Gasteiger partial charge in [-0.3, -0.25) is 25.0 Å². The summed E-state index contributed by atoms with van der Waals surface area (Å²) in [4.78, 5) is 38.4. The molecule has 4 atom stereocenters. The number of nitrogens with one attached hydrogen (secondary N) is 3. The van der Waals surface area contributed by atoms with Gasteiger partial charge in [0.15, 0.2) is 0 Å². The van der Waals surface area contributed by atoms with E-state index in [1.54, 1.807) is 0 Å². The monoisotopic (exact) mass is 361 g/mol. The fraction of sp³-hybridized carbons (Fsp3) is 0.286. The number of hydrogen-bond donors (Lipinski definition) is 3. The van der Waals surface area contributed by atoms with Crippen molar-refractivity contribution in [2.45, 2.75) is 24.9 Å². The van der Waals surface area contributed by atoms with Gasteiger partial charge in [0.25, 0.3) is 0 Å². The van der Waals surface area contributed by atoms with Gasteiger partial charge in [-0.05, 0) is 24.5 Å². The largest absolute Gasteiger partial charge is 0.324 e. The fourth-order valence-corrected chi connectivity index (χ4v) is 4.94. The van der Waals surface area contributed by atoms with E-state index in [-0.39, 0.29) is 23.8 Å². The molecule has 2 aromatic carbocycles. The summed E-state index contributed by atoms with van der Waals surface area (Å²) in [5, 5.41) is 8.81. The molecule has 0 aliphatic carbocycles. The fourth-order valence-electron chi connectivity index (χ4n) is 4.94. The molecule has 2 saturated heterocycles. The quantitative estimate of drug-likeness (QED) is 0.703. The lowest BCUT2D eigenvalue weighted by molar-refractivity contribution is -0.132. The summed E-state index contributed by atoms with van der Waals surface area (Å²) in [5.74, 6) is -2.26. The Hall–Kier alpha value is -2.99. The Bertz CT molecular complexity index is 987. The van der Waals surface area contributed by atoms with E-state index in [0.29, 0.717) is 6.42 Å². The van der Waals surface area contributed by atoms with Crippen molar-refractivity contribution in [1.29, 1.82) is 0 Å². The number of imide groups is 1. The SMILES string of the molecule is Cc1cccc2c1NC(=O)[C@]21N[C@H](Cc2ccccc2)[C@H]2C(=O)NC(=O)[C@H]21. The van der Waals surface area contributed by atoms with Gasteiger partial charge in [0.2, 0.25) is 17.7 Å². The van der Waals surface area contributed by atoms with E-state index < -0.39 is 17.4 Å². The van der Waals surface area contributed by atoms with Crippen LogP contribution < -0.4 is 16.0 Å². The van der Waals surface area contributed by atoms with Gasteiger partial charge >= 0.3 is 0 Å². The van der Waals surface area contributed by atoms with E-state index >= 15 is 0 Å². The molecule has 6 heteroatoms. The zero-order valence-corrected chi connectivity index (χ0v) is 14.8. The predicted molar refractivity (Wildman–Crippen MR) is 98.7 cm³/mol. The lowest BCUT2D eigenvalue weighted by Gasteiger charge is -2.27. The van der Waals surface area contributed by atoms with Crippen molar-refractivity contribution in [2.75, 3.05) is 5.32 Å². The minimum Gasteiger partial charge on any atom is -0.324 e. The molecule has 27 heavy (non-hydrogen) atoms. The van der Waals surface area contributed by atoms with Crippen LogP contribution >= 0.6 is 0 Å². The van der Waals surface area contributed by atoms with E-state index in [2.05, 4.69) is 16.0 Å². The van der Waals surface area contributed by atoms with Gasteiger partial charge < -0.3 is 5.32 Å². The topological polar surface area (TPSA) is 87.3 Å². The highest BCUT2D eigenvalue weighted by Gasteiger charge is 2.68. The molecule has 136 valence electrons. The highest BCUT2D eigenvalue weighted by atomic mass is 16.2. The van der Waals surface area contributed by atoms with Crippen molar-refractivity contribution in [3.63, 3.8) is 0 Å². The van der Waals surface area contributed by atoms with E-state index in [1.165, 1.54) is 0 Å². The van der Waals surface area contributed by atoms with Crippen LogP contribution in [0.25, 0.3) is 0 Å². The number of carbonyl (C=O) groups excluding carboxylic acids is 3. The van der Waals surface area contributed by atoms with Gasteiger partial charge in [-0.15, -0.1) is 0 Å². The van der Waals surface area contributed by atoms with E-state index in [9.17, 15) is 14.4 Å². The van der Waals surface area contributed by atoms with Gasteiger partial charge in [-0.25, -0.2) is 0 Å². The molecule has 3 aliphatic rings. The highest BCUT2D eigenvalue weighted by molar-refractivity contribution is 6.15. The number of anilines is 1. The number of carbonyl (C=O) groups is 3. The standard InChI is InChI=1S/C21H19N3O3/c1-11-6-5-9-13-17(11)22-20(27)21(13)16-15(18(25)23-19(16)26)14(24-21)10-12-7-3-2-4-8-12/h2-9,14-16,24H,10H2,1H3,(H,22,27)(H,23,25,26)/t14-,15-,16+,21+/m1/s1. The average Bonchev–Trinajstić information content (AvgIpc) is 3.24. The molecule has 3 aliphatic heterocycles. The number of para-hydroxylation sites is 1. The zero-order chi connectivity index (χ0) is 18.8. The lowest BCUT2D eigenvalue weighted by Crippen LogP contribution is -2.53. The summed E-state index contributed by atoms with van der Waals surface area (Å²) in [6, 6.07) is 15.2. The number of benzene rings is 2. The Kier molecular flexibility index (Phi) is 3.30. The molecule has 0 bridgehead atoms. The molecule has 0 radical (unpaired) electrons. The third-order valence-electron chi connectivity index (χ3n) is 6.10. The molecule has 0 unspecified atom stereocenters. The summed E-state index contributed by atoms with van der Waals surface area (Å²) in [5.41, 5.74) is 2.28. The van der Waals surface area contributed by atoms with E-state index in [4.69, 9.17) is 0 Å². The van der Waals surface area contributed by atoms with E-state index in [0.717, 1.165) is 22.4 Å². The van der Waals surface area contributed by atoms with Crippen LogP contribution in [0.3, 0.4) is 0 Å². The van der Waals surface area contributed by atoms with Crippen LogP contribution in [0, 0.1) is 18.8 Å². The molecular weight excluding hydrogens is 342 g/mol. The first-order valence-electron chi connectivity index (χ1n) is 9.10. The molecule has 2 aromatic rings. The van der Waals surface area contributed by atoms with Gasteiger partial charge in [-0.1, -0.05) is 48.5 Å². The second kappa shape index (κ2) is 5.50. The van der Waals surface area contributed by atoms with Gasteiger partial charge in [-0.2, -0.15) is 0 Å². The molecule has 0 aromatic heterocycles. The smallest absolute Gasteiger partial charge is 0.250 e. The Morgan fingerprint density at radius 1 is 0.926 bits per heavy atom. The summed E-state index contributed by atoms with van der Waals surface area (Å²) in [6.45, 7) is 1.92. The average molecular weight is 361 g/mol. The van der Waals surface area contributed by atoms with Crippen molar-refractivity contribution >= 4 is 23.4 Å². The molecule has 5 rings (SSSR count). The third-order valence-corrected chi connectivity index (χ3v) is 6.10. The van der Waals surface area contributed by atoms with Crippen LogP contribution in [0.1, 0.15) is 16.7 Å². The maximum atomic E-state index is 13.1. The van der Waals surface area contributed by atoms with Gasteiger partial charge in [0.05, 0.1) is 11.8 Å². The van der Waals surface area contributed by atoms with Crippen molar-refractivity contribution in [3.8, 4) is 0 Å². The summed E-state index contributed by atoms with van der Waals surface area (Å²) in [7, 11) is 0. The number of hydrogen-bond acceptors (Lipinski definition) is 4. The maximum absolute atomic E-state index is 13.1. The maximum Gasteiger partial charge on any atom is 0.250 e. The molecule has 3 N–H and O–H groups in total. The van der Waals surface area contributed by atoms with Crippen molar-refractivity contribution < 1.29 is 14.4 Å². The number of amides is 3. The molecule has 0 saturated carbocycles. The zero-order valence-electron chi connectivity index (χ0n) is 14.8. The van der Waals surface area contributed by atoms with Crippen LogP contribution in [0.2, 0.25) is 0 Å². The molecular formula is C21H19N3O3. The minimum absolute atomic E-state index is 0.262. The van der Waals surface area contributed by atoms with Crippen LogP contribution in [0.5, 0.6) is 0 Å². The third kappa shape index (κ3) is 2.07. The van der Waals surface area contributed by atoms with Gasteiger partial charge in [0, 0.05) is 17.3 Å². The number of aryl methyl sites for hydroxylation is 1. The lowest BCUT2D eigenvalue weighted by atomic mass is 9.76. The molecule has 3 amide bonds. The van der Waals surface area contributed by atoms with Crippen LogP contribution in [0.4, 0.5) is 5.69 Å². The normalized spacial score (nSPS) is 31.0. The van der Waals surface area contributed by atoms with Crippen molar-refractivity contribution in [3.05, 3.63) is 65.2 Å². The second-order valence-corrected chi connectivity index (χ2v) is 7.56. The summed E-state index contributed by atoms with van der Waals surface area (Å²) in [6.07, 6.45) is 0.568. The Labute approximate surface area is 156 Å². The number of fused-ring (bicyclic) bond motifs is 4. The van der Waals surface area contributed by atoms with Crippen LogP contribution in [0.15, 0.2) is 48.5 Å². The summed E-state index contributed by atoms with van der Waals surface area (Å²) < 4.78 is 0.